The number of aryl methyl sites for hydroxylation is 1. The third-order valence-corrected chi connectivity index (χ3v) is 7.70. The first-order chi connectivity index (χ1) is 15.8. The van der Waals surface area contributed by atoms with Crippen LogP contribution < -0.4 is 10.1 Å². The minimum absolute atomic E-state index is 0.0661. The Bertz CT molecular complexity index is 1280. The van der Waals surface area contributed by atoms with Gasteiger partial charge in [-0.2, -0.15) is 9.40 Å². The number of benzene rings is 2. The maximum atomic E-state index is 13.2. The molecule has 1 fully saturated rings. The maximum absolute atomic E-state index is 13.2. The fraction of sp³-hybridized carbons (Fsp3) is 0.333. The predicted octanol–water partition coefficient (Wildman–Crippen LogP) is 3.92. The van der Waals surface area contributed by atoms with Crippen molar-refractivity contribution in [3.8, 4) is 11.4 Å². The van der Waals surface area contributed by atoms with Crippen LogP contribution in [0, 0.1) is 13.8 Å². The van der Waals surface area contributed by atoms with E-state index in [1.807, 2.05) is 38.1 Å². The molecule has 0 saturated carbocycles. The van der Waals surface area contributed by atoms with Crippen LogP contribution in [0.4, 0.5) is 5.69 Å². The van der Waals surface area contributed by atoms with E-state index in [-0.39, 0.29) is 16.6 Å². The summed E-state index contributed by atoms with van der Waals surface area (Å²) in [6, 6.07) is 12.5. The maximum Gasteiger partial charge on any atom is 0.259 e. The van der Waals surface area contributed by atoms with Crippen molar-refractivity contribution in [2.24, 2.45) is 0 Å². The van der Waals surface area contributed by atoms with E-state index >= 15 is 0 Å². The number of carbonyl (C=O) groups is 1. The van der Waals surface area contributed by atoms with Crippen molar-refractivity contribution < 1.29 is 17.9 Å². The highest BCUT2D eigenvalue weighted by atomic mass is 32.2. The summed E-state index contributed by atoms with van der Waals surface area (Å²) < 4.78 is 35.2. The summed E-state index contributed by atoms with van der Waals surface area (Å²) in [4.78, 5) is 13.1. The third kappa shape index (κ3) is 4.51. The molecule has 1 aliphatic rings. The number of carbonyl (C=O) groups excluding carboxylic acids is 1. The molecule has 33 heavy (non-hydrogen) atoms. The van der Waals surface area contributed by atoms with E-state index in [4.69, 9.17) is 4.74 Å². The summed E-state index contributed by atoms with van der Waals surface area (Å²) in [6.45, 7) is 6.93. The molecule has 2 aromatic carbocycles. The van der Waals surface area contributed by atoms with E-state index in [1.54, 1.807) is 23.7 Å². The molecule has 4 rings (SSSR count). The van der Waals surface area contributed by atoms with Crippen molar-refractivity contribution in [3.05, 3.63) is 65.5 Å². The second-order valence-electron chi connectivity index (χ2n) is 8.00. The quantitative estimate of drug-likeness (QED) is 0.567. The van der Waals surface area contributed by atoms with Gasteiger partial charge in [-0.05, 0) is 63.4 Å². The Kier molecular flexibility index (Phi) is 6.53. The van der Waals surface area contributed by atoms with Gasteiger partial charge in [0.1, 0.15) is 10.6 Å². The average Bonchev–Trinajstić information content (AvgIpc) is 3.46. The van der Waals surface area contributed by atoms with Crippen molar-refractivity contribution in [2.45, 2.75) is 38.5 Å². The third-order valence-electron chi connectivity index (χ3n) is 5.78. The summed E-state index contributed by atoms with van der Waals surface area (Å²) in [5.74, 6) is -0.0769. The highest BCUT2D eigenvalue weighted by Crippen LogP contribution is 2.32. The van der Waals surface area contributed by atoms with Crippen LogP contribution in [0.3, 0.4) is 0 Å². The van der Waals surface area contributed by atoms with Crippen LogP contribution in [-0.4, -0.2) is 48.1 Å². The molecule has 174 valence electrons. The lowest BCUT2D eigenvalue weighted by Gasteiger charge is -2.19. The van der Waals surface area contributed by atoms with Crippen molar-refractivity contribution in [1.29, 1.82) is 0 Å². The molecular formula is C24H28N4O4S. The Morgan fingerprint density at radius 1 is 1.12 bits per heavy atom. The largest absolute Gasteiger partial charge is 0.492 e. The normalized spacial score (nSPS) is 14.4. The van der Waals surface area contributed by atoms with Crippen molar-refractivity contribution in [3.63, 3.8) is 0 Å². The number of rotatable bonds is 7. The summed E-state index contributed by atoms with van der Waals surface area (Å²) in [5.41, 5.74) is 3.42. The lowest BCUT2D eigenvalue weighted by atomic mass is 10.2. The van der Waals surface area contributed by atoms with Crippen LogP contribution in [0.5, 0.6) is 5.75 Å². The van der Waals surface area contributed by atoms with Gasteiger partial charge in [0.2, 0.25) is 10.0 Å². The summed E-state index contributed by atoms with van der Waals surface area (Å²) in [7, 11) is -3.72. The molecule has 0 spiro atoms. The van der Waals surface area contributed by atoms with Crippen molar-refractivity contribution in [2.75, 3.05) is 25.0 Å². The predicted molar refractivity (Wildman–Crippen MR) is 127 cm³/mol. The van der Waals surface area contributed by atoms with Crippen LogP contribution >= 0.6 is 0 Å². The van der Waals surface area contributed by atoms with Gasteiger partial charge >= 0.3 is 0 Å². The number of anilines is 1. The molecule has 0 unspecified atom stereocenters. The van der Waals surface area contributed by atoms with Gasteiger partial charge in [-0.1, -0.05) is 18.2 Å². The Morgan fingerprint density at radius 3 is 2.55 bits per heavy atom. The van der Waals surface area contributed by atoms with Gasteiger partial charge in [-0.3, -0.25) is 4.79 Å². The second-order valence-corrected chi connectivity index (χ2v) is 9.91. The number of aromatic nitrogens is 2. The number of hydrogen-bond acceptors (Lipinski definition) is 5. The molecule has 9 heteroatoms. The number of para-hydroxylation sites is 1. The molecule has 2 heterocycles. The van der Waals surface area contributed by atoms with Gasteiger partial charge in [-0.25, -0.2) is 13.1 Å². The first kappa shape index (κ1) is 23.0. The Hall–Kier alpha value is -3.17. The van der Waals surface area contributed by atoms with E-state index in [1.165, 1.54) is 16.6 Å². The number of hydrogen-bond donors (Lipinski definition) is 1. The summed E-state index contributed by atoms with van der Waals surface area (Å²) in [5, 5.41) is 7.21. The summed E-state index contributed by atoms with van der Waals surface area (Å²) >= 11 is 0. The SMILES string of the molecule is CCOc1ccc(NC(=O)c2cnn(-c3ccccc3C)c2C)cc1S(=O)(=O)N1CCCC1. The first-order valence-electron chi connectivity index (χ1n) is 11.0. The van der Waals surface area contributed by atoms with E-state index in [0.29, 0.717) is 36.6 Å². The van der Waals surface area contributed by atoms with Gasteiger partial charge in [0, 0.05) is 18.8 Å². The molecule has 1 saturated heterocycles. The molecule has 1 aliphatic heterocycles. The van der Waals surface area contributed by atoms with Crippen LogP contribution in [0.1, 0.15) is 41.4 Å². The fourth-order valence-electron chi connectivity index (χ4n) is 4.00. The molecule has 8 nitrogen and oxygen atoms in total. The minimum atomic E-state index is -3.72. The molecule has 0 atom stereocenters. The molecule has 0 bridgehead atoms. The van der Waals surface area contributed by atoms with Crippen LogP contribution in [0.25, 0.3) is 5.69 Å². The molecule has 0 aliphatic carbocycles. The first-order valence-corrected chi connectivity index (χ1v) is 12.5. The number of amides is 1. The van der Waals surface area contributed by atoms with Crippen molar-refractivity contribution in [1.82, 2.24) is 14.1 Å². The van der Waals surface area contributed by atoms with Crippen molar-refractivity contribution >= 4 is 21.6 Å². The number of nitrogens with one attached hydrogen (secondary N) is 1. The second kappa shape index (κ2) is 9.36. The zero-order valence-corrected chi connectivity index (χ0v) is 19.9. The van der Waals surface area contributed by atoms with Crippen LogP contribution in [0.15, 0.2) is 53.6 Å². The standard InChI is InChI=1S/C24H28N4O4S/c1-4-32-22-12-11-19(15-23(22)33(30,31)27-13-7-8-14-27)26-24(29)20-16-25-28(18(20)3)21-10-6-5-9-17(21)2/h5-6,9-12,15-16H,4,7-8,13-14H2,1-3H3,(H,26,29). The highest BCUT2D eigenvalue weighted by Gasteiger charge is 2.30. The van der Waals surface area contributed by atoms with Crippen LogP contribution in [0.2, 0.25) is 0 Å². The topological polar surface area (TPSA) is 93.5 Å². The monoisotopic (exact) mass is 468 g/mol. The van der Waals surface area contributed by atoms with E-state index in [9.17, 15) is 13.2 Å². The Balaban J connectivity index is 1.63. The molecule has 1 N–H and O–H groups in total. The van der Waals surface area contributed by atoms with Gasteiger partial charge in [-0.15, -0.1) is 0 Å². The van der Waals surface area contributed by atoms with Gasteiger partial charge in [0.15, 0.2) is 0 Å². The fourth-order valence-corrected chi connectivity index (χ4v) is 5.68. The lowest BCUT2D eigenvalue weighted by molar-refractivity contribution is 0.102. The van der Waals surface area contributed by atoms with E-state index in [0.717, 1.165) is 24.1 Å². The average molecular weight is 469 g/mol. The zero-order valence-electron chi connectivity index (χ0n) is 19.0. The molecular weight excluding hydrogens is 440 g/mol. The number of nitrogens with zero attached hydrogens (tertiary/aromatic N) is 3. The highest BCUT2D eigenvalue weighted by molar-refractivity contribution is 7.89. The minimum Gasteiger partial charge on any atom is -0.492 e. The zero-order chi connectivity index (χ0) is 23.6. The van der Waals surface area contributed by atoms with Gasteiger partial charge in [0.05, 0.1) is 29.7 Å². The number of ether oxygens (including phenoxy) is 1. The molecule has 0 radical (unpaired) electrons. The van der Waals surface area contributed by atoms with E-state index in [2.05, 4.69) is 10.4 Å². The lowest BCUT2D eigenvalue weighted by Crippen LogP contribution is -2.28. The molecule has 1 amide bonds. The summed E-state index contributed by atoms with van der Waals surface area (Å²) in [6.07, 6.45) is 3.20. The Labute approximate surface area is 194 Å². The number of sulfonamides is 1. The molecule has 3 aromatic rings. The molecule has 1 aromatic heterocycles. The van der Waals surface area contributed by atoms with E-state index < -0.39 is 10.0 Å². The van der Waals surface area contributed by atoms with Gasteiger partial charge < -0.3 is 10.1 Å². The Morgan fingerprint density at radius 2 is 1.85 bits per heavy atom. The smallest absolute Gasteiger partial charge is 0.259 e. The van der Waals surface area contributed by atoms with Gasteiger partial charge in [0.25, 0.3) is 5.91 Å². The van der Waals surface area contributed by atoms with Crippen LogP contribution in [-0.2, 0) is 10.0 Å².